The maximum atomic E-state index is 12.5. The molecule has 2 aromatic carbocycles. The highest BCUT2D eigenvalue weighted by atomic mass is 32.2. The zero-order valence-electron chi connectivity index (χ0n) is 14.3. The molecule has 3 aromatic rings. The summed E-state index contributed by atoms with van der Waals surface area (Å²) in [5.74, 6) is 0.835. The van der Waals surface area contributed by atoms with Gasteiger partial charge < -0.3 is 4.57 Å². The van der Waals surface area contributed by atoms with E-state index in [1.54, 1.807) is 6.20 Å². The topological polar surface area (TPSA) is 64.0 Å². The van der Waals surface area contributed by atoms with Crippen molar-refractivity contribution in [2.45, 2.75) is 26.1 Å². The molecule has 0 aliphatic rings. The second kappa shape index (κ2) is 7.21. The van der Waals surface area contributed by atoms with Gasteiger partial charge in [-0.1, -0.05) is 42.5 Å². The second-order valence-electron chi connectivity index (χ2n) is 5.98. The van der Waals surface area contributed by atoms with Crippen molar-refractivity contribution < 1.29 is 8.42 Å². The quantitative estimate of drug-likeness (QED) is 0.739. The molecule has 0 bridgehead atoms. The highest BCUT2D eigenvalue weighted by molar-refractivity contribution is 7.88. The third-order valence-electron chi connectivity index (χ3n) is 4.17. The summed E-state index contributed by atoms with van der Waals surface area (Å²) in [5.41, 5.74) is 3.61. The number of aryl methyl sites for hydroxylation is 2. The van der Waals surface area contributed by atoms with Gasteiger partial charge in [0.1, 0.15) is 5.82 Å². The predicted octanol–water partition coefficient (Wildman–Crippen LogP) is 3.11. The number of nitrogens with one attached hydrogen (secondary N) is 1. The van der Waals surface area contributed by atoms with Crippen LogP contribution in [-0.2, 0) is 22.3 Å². The average molecular weight is 355 g/mol. The fourth-order valence-corrected chi connectivity index (χ4v) is 3.95. The number of sulfonamides is 1. The SMILES string of the molecule is Cc1ccccc1CS(=O)(=O)NCc1ccccc1-n1ccnc1C. The standard InChI is InChI=1S/C19H21N3O2S/c1-15-7-3-4-9-18(15)14-25(23,24)21-13-17-8-5-6-10-19(17)22-12-11-20-16(22)2/h3-12,21H,13-14H2,1-2H3. The van der Waals surface area contributed by atoms with Crippen molar-refractivity contribution in [3.63, 3.8) is 0 Å². The van der Waals surface area contributed by atoms with Crippen LogP contribution in [0.1, 0.15) is 22.5 Å². The average Bonchev–Trinajstić information content (AvgIpc) is 3.01. The Morgan fingerprint density at radius 1 is 1.00 bits per heavy atom. The molecule has 0 saturated carbocycles. The van der Waals surface area contributed by atoms with Gasteiger partial charge in [0.15, 0.2) is 0 Å². The van der Waals surface area contributed by atoms with Crippen LogP contribution in [0.5, 0.6) is 0 Å². The molecule has 0 spiro atoms. The Kier molecular flexibility index (Phi) is 5.01. The highest BCUT2D eigenvalue weighted by Crippen LogP contribution is 2.17. The zero-order chi connectivity index (χ0) is 17.9. The molecule has 0 unspecified atom stereocenters. The Bertz CT molecular complexity index is 978. The number of aromatic nitrogens is 2. The van der Waals surface area contributed by atoms with Crippen LogP contribution < -0.4 is 4.72 Å². The summed E-state index contributed by atoms with van der Waals surface area (Å²) in [6.45, 7) is 4.07. The van der Waals surface area contributed by atoms with Crippen LogP contribution in [0.3, 0.4) is 0 Å². The van der Waals surface area contributed by atoms with Gasteiger partial charge in [0.2, 0.25) is 10.0 Å². The number of hydrogen-bond donors (Lipinski definition) is 1. The van der Waals surface area contributed by atoms with Crippen LogP contribution in [0.15, 0.2) is 60.9 Å². The normalized spacial score (nSPS) is 11.6. The summed E-state index contributed by atoms with van der Waals surface area (Å²) in [7, 11) is -3.43. The number of para-hydroxylation sites is 1. The molecule has 5 nitrogen and oxygen atoms in total. The smallest absolute Gasteiger partial charge is 0.216 e. The van der Waals surface area contributed by atoms with Gasteiger partial charge in [0.05, 0.1) is 11.4 Å². The summed E-state index contributed by atoms with van der Waals surface area (Å²) in [6.07, 6.45) is 3.60. The van der Waals surface area contributed by atoms with Crippen LogP contribution in [0, 0.1) is 13.8 Å². The Morgan fingerprint density at radius 3 is 2.36 bits per heavy atom. The summed E-state index contributed by atoms with van der Waals surface area (Å²) < 4.78 is 29.6. The Balaban J connectivity index is 1.78. The fourth-order valence-electron chi connectivity index (χ4n) is 2.74. The molecule has 0 atom stereocenters. The van der Waals surface area contributed by atoms with Crippen molar-refractivity contribution in [3.8, 4) is 5.69 Å². The molecule has 0 aliphatic carbocycles. The molecule has 1 heterocycles. The van der Waals surface area contributed by atoms with Crippen LogP contribution >= 0.6 is 0 Å². The summed E-state index contributed by atoms with van der Waals surface area (Å²) >= 11 is 0. The van der Waals surface area contributed by atoms with E-state index in [9.17, 15) is 8.42 Å². The molecular weight excluding hydrogens is 334 g/mol. The molecule has 1 aromatic heterocycles. The van der Waals surface area contributed by atoms with E-state index in [-0.39, 0.29) is 12.3 Å². The molecule has 130 valence electrons. The molecule has 0 aliphatic heterocycles. The van der Waals surface area contributed by atoms with Crippen molar-refractivity contribution in [1.29, 1.82) is 0 Å². The molecule has 1 N–H and O–H groups in total. The highest BCUT2D eigenvalue weighted by Gasteiger charge is 2.14. The van der Waals surface area contributed by atoms with E-state index in [0.717, 1.165) is 28.2 Å². The lowest BCUT2D eigenvalue weighted by atomic mass is 10.1. The zero-order valence-corrected chi connectivity index (χ0v) is 15.1. The second-order valence-corrected chi connectivity index (χ2v) is 7.79. The van der Waals surface area contributed by atoms with Crippen molar-refractivity contribution >= 4 is 10.0 Å². The van der Waals surface area contributed by atoms with E-state index in [0.29, 0.717) is 0 Å². The Hall–Kier alpha value is -2.44. The maximum absolute atomic E-state index is 12.5. The van der Waals surface area contributed by atoms with Gasteiger partial charge in [0.25, 0.3) is 0 Å². The van der Waals surface area contributed by atoms with Gasteiger partial charge in [-0.05, 0) is 36.6 Å². The van der Waals surface area contributed by atoms with Gasteiger partial charge in [-0.2, -0.15) is 0 Å². The van der Waals surface area contributed by atoms with Gasteiger partial charge in [0, 0.05) is 18.9 Å². The lowest BCUT2D eigenvalue weighted by Crippen LogP contribution is -2.25. The van der Waals surface area contributed by atoms with Gasteiger partial charge in [-0.25, -0.2) is 18.1 Å². The summed E-state index contributed by atoms with van der Waals surface area (Å²) in [6, 6.07) is 15.2. The number of benzene rings is 2. The van der Waals surface area contributed by atoms with Crippen LogP contribution in [0.25, 0.3) is 5.69 Å². The summed E-state index contributed by atoms with van der Waals surface area (Å²) in [4.78, 5) is 4.23. The van der Waals surface area contributed by atoms with Crippen LogP contribution in [-0.4, -0.2) is 18.0 Å². The molecule has 3 rings (SSSR count). The van der Waals surface area contributed by atoms with Crippen molar-refractivity contribution in [2.75, 3.05) is 0 Å². The van der Waals surface area contributed by atoms with E-state index >= 15 is 0 Å². The molecular formula is C19H21N3O2S. The molecule has 0 radical (unpaired) electrons. The van der Waals surface area contributed by atoms with Crippen molar-refractivity contribution in [2.24, 2.45) is 0 Å². The summed E-state index contributed by atoms with van der Waals surface area (Å²) in [5, 5.41) is 0. The molecule has 6 heteroatoms. The van der Waals surface area contributed by atoms with Crippen molar-refractivity contribution in [1.82, 2.24) is 14.3 Å². The fraction of sp³-hybridized carbons (Fsp3) is 0.211. The number of hydrogen-bond acceptors (Lipinski definition) is 3. The minimum atomic E-state index is -3.43. The minimum absolute atomic E-state index is 0.0219. The molecule has 0 saturated heterocycles. The third kappa shape index (κ3) is 4.15. The number of rotatable bonds is 6. The van der Waals surface area contributed by atoms with Gasteiger partial charge in [-0.3, -0.25) is 0 Å². The predicted molar refractivity (Wildman–Crippen MR) is 98.9 cm³/mol. The molecule has 0 amide bonds. The van der Waals surface area contributed by atoms with E-state index < -0.39 is 10.0 Å². The number of imidazole rings is 1. The first kappa shape index (κ1) is 17.4. The first-order valence-electron chi connectivity index (χ1n) is 8.06. The van der Waals surface area contributed by atoms with Crippen molar-refractivity contribution in [3.05, 3.63) is 83.4 Å². The van der Waals surface area contributed by atoms with Gasteiger partial charge in [-0.15, -0.1) is 0 Å². The molecule has 0 fully saturated rings. The van der Waals surface area contributed by atoms with Crippen LogP contribution in [0.2, 0.25) is 0 Å². The maximum Gasteiger partial charge on any atom is 0.216 e. The van der Waals surface area contributed by atoms with E-state index in [4.69, 9.17) is 0 Å². The monoisotopic (exact) mass is 355 g/mol. The Labute approximate surface area is 148 Å². The third-order valence-corrected chi connectivity index (χ3v) is 5.44. The first-order valence-corrected chi connectivity index (χ1v) is 9.71. The Morgan fingerprint density at radius 2 is 1.68 bits per heavy atom. The lowest BCUT2D eigenvalue weighted by molar-refractivity contribution is 0.580. The lowest BCUT2D eigenvalue weighted by Gasteiger charge is -2.13. The van der Waals surface area contributed by atoms with Gasteiger partial charge >= 0.3 is 0 Å². The number of nitrogens with zero attached hydrogens (tertiary/aromatic N) is 2. The molecule has 25 heavy (non-hydrogen) atoms. The first-order chi connectivity index (χ1) is 12.0. The largest absolute Gasteiger partial charge is 0.304 e. The van der Waals surface area contributed by atoms with E-state index in [2.05, 4.69) is 9.71 Å². The van der Waals surface area contributed by atoms with E-state index in [1.165, 1.54) is 0 Å². The minimum Gasteiger partial charge on any atom is -0.304 e. The van der Waals surface area contributed by atoms with Crippen LogP contribution in [0.4, 0.5) is 0 Å². The van der Waals surface area contributed by atoms with E-state index in [1.807, 2.05) is 73.1 Å².